The maximum absolute atomic E-state index is 4.38. The van der Waals surface area contributed by atoms with E-state index in [9.17, 15) is 0 Å². The van der Waals surface area contributed by atoms with E-state index in [1.807, 2.05) is 20.0 Å². The van der Waals surface area contributed by atoms with Gasteiger partial charge in [-0.05, 0) is 18.1 Å². The van der Waals surface area contributed by atoms with Gasteiger partial charge in [-0.2, -0.15) is 0 Å². The standard InChI is InChI=1S/C9H12N2.C2H6/c1-7-4-8-6-10-3-2-9(8)11-5-7;1-2/h4-5,10H,2-3,6H2,1H3;1-2H3. The average molecular weight is 178 g/mol. The first-order chi connectivity index (χ1) is 6.36. The van der Waals surface area contributed by atoms with E-state index < -0.39 is 0 Å². The lowest BCUT2D eigenvalue weighted by atomic mass is 10.1. The van der Waals surface area contributed by atoms with E-state index in [4.69, 9.17) is 0 Å². The van der Waals surface area contributed by atoms with E-state index in [1.54, 1.807) is 0 Å². The lowest BCUT2D eigenvalue weighted by Crippen LogP contribution is -2.24. The second kappa shape index (κ2) is 4.97. The number of rotatable bonds is 0. The predicted octanol–water partition coefficient (Wildman–Crippen LogP) is 2.06. The SMILES string of the molecule is CC.Cc1cnc2c(c1)CNCC2. The van der Waals surface area contributed by atoms with Gasteiger partial charge in [0.1, 0.15) is 0 Å². The van der Waals surface area contributed by atoms with Crippen LogP contribution >= 0.6 is 0 Å². The zero-order valence-electron chi connectivity index (χ0n) is 8.72. The van der Waals surface area contributed by atoms with Crippen molar-refractivity contribution in [3.05, 3.63) is 29.1 Å². The van der Waals surface area contributed by atoms with Crippen LogP contribution in [0.15, 0.2) is 12.3 Å². The zero-order chi connectivity index (χ0) is 9.68. The molecule has 0 aliphatic carbocycles. The van der Waals surface area contributed by atoms with Crippen molar-refractivity contribution >= 4 is 0 Å². The summed E-state index contributed by atoms with van der Waals surface area (Å²) in [5.74, 6) is 0. The topological polar surface area (TPSA) is 24.9 Å². The molecule has 2 nitrogen and oxygen atoms in total. The molecular formula is C11H18N2. The van der Waals surface area contributed by atoms with E-state index in [0.29, 0.717) is 0 Å². The minimum Gasteiger partial charge on any atom is -0.312 e. The Hall–Kier alpha value is -0.890. The molecule has 1 N–H and O–H groups in total. The summed E-state index contributed by atoms with van der Waals surface area (Å²) >= 11 is 0. The van der Waals surface area contributed by atoms with Gasteiger partial charge in [0.25, 0.3) is 0 Å². The summed E-state index contributed by atoms with van der Waals surface area (Å²) in [5.41, 5.74) is 3.90. The molecule has 1 aromatic rings. The fourth-order valence-corrected chi connectivity index (χ4v) is 1.47. The molecular weight excluding hydrogens is 160 g/mol. The molecule has 13 heavy (non-hydrogen) atoms. The molecule has 1 aliphatic rings. The minimum absolute atomic E-state index is 0.990. The maximum atomic E-state index is 4.38. The van der Waals surface area contributed by atoms with Crippen molar-refractivity contribution in [3.8, 4) is 0 Å². The Labute approximate surface area is 80.4 Å². The molecule has 0 aromatic carbocycles. The van der Waals surface area contributed by atoms with Gasteiger partial charge in [-0.25, -0.2) is 0 Å². The van der Waals surface area contributed by atoms with Crippen molar-refractivity contribution in [2.24, 2.45) is 0 Å². The van der Waals surface area contributed by atoms with Crippen LogP contribution < -0.4 is 5.32 Å². The third-order valence-corrected chi connectivity index (χ3v) is 2.05. The van der Waals surface area contributed by atoms with Gasteiger partial charge >= 0.3 is 0 Å². The Kier molecular flexibility index (Phi) is 3.90. The van der Waals surface area contributed by atoms with Gasteiger partial charge in [-0.15, -0.1) is 0 Å². The quantitative estimate of drug-likeness (QED) is 0.657. The number of nitrogens with zero attached hydrogens (tertiary/aromatic N) is 1. The van der Waals surface area contributed by atoms with Crippen LogP contribution in [0.3, 0.4) is 0 Å². The number of pyridine rings is 1. The second-order valence-electron chi connectivity index (χ2n) is 3.05. The van der Waals surface area contributed by atoms with Crippen LogP contribution in [-0.4, -0.2) is 11.5 Å². The lowest BCUT2D eigenvalue weighted by Gasteiger charge is -2.15. The van der Waals surface area contributed by atoms with E-state index in [0.717, 1.165) is 19.5 Å². The summed E-state index contributed by atoms with van der Waals surface area (Å²) in [6, 6.07) is 2.22. The molecule has 0 amide bonds. The van der Waals surface area contributed by atoms with Crippen molar-refractivity contribution in [2.75, 3.05) is 6.54 Å². The molecule has 2 heteroatoms. The van der Waals surface area contributed by atoms with E-state index >= 15 is 0 Å². The Morgan fingerprint density at radius 1 is 1.38 bits per heavy atom. The highest BCUT2D eigenvalue weighted by Gasteiger charge is 2.08. The highest BCUT2D eigenvalue weighted by Crippen LogP contribution is 2.11. The number of hydrogen-bond acceptors (Lipinski definition) is 2. The van der Waals surface area contributed by atoms with Crippen molar-refractivity contribution in [1.29, 1.82) is 0 Å². The molecule has 1 aliphatic heterocycles. The molecule has 0 fully saturated rings. The normalized spacial score (nSPS) is 14.1. The summed E-state index contributed by atoms with van der Waals surface area (Å²) < 4.78 is 0. The first-order valence-electron chi connectivity index (χ1n) is 5.01. The van der Waals surface area contributed by atoms with Crippen molar-refractivity contribution in [2.45, 2.75) is 33.7 Å². The summed E-state index contributed by atoms with van der Waals surface area (Å²) in [4.78, 5) is 4.38. The zero-order valence-corrected chi connectivity index (χ0v) is 8.72. The van der Waals surface area contributed by atoms with Gasteiger partial charge in [0.15, 0.2) is 0 Å². The molecule has 0 unspecified atom stereocenters. The average Bonchev–Trinajstić information content (AvgIpc) is 2.21. The van der Waals surface area contributed by atoms with Gasteiger partial charge < -0.3 is 5.32 Å². The van der Waals surface area contributed by atoms with Crippen LogP contribution in [0.1, 0.15) is 30.7 Å². The number of fused-ring (bicyclic) bond motifs is 1. The van der Waals surface area contributed by atoms with Gasteiger partial charge in [-0.3, -0.25) is 4.98 Å². The first kappa shape index (κ1) is 10.2. The Bertz CT molecular complexity index is 269. The van der Waals surface area contributed by atoms with E-state index in [1.165, 1.54) is 16.8 Å². The predicted molar refractivity (Wildman–Crippen MR) is 55.7 cm³/mol. The van der Waals surface area contributed by atoms with E-state index in [-0.39, 0.29) is 0 Å². The van der Waals surface area contributed by atoms with Gasteiger partial charge in [0.05, 0.1) is 0 Å². The maximum Gasteiger partial charge on any atom is 0.0461 e. The molecule has 0 saturated carbocycles. The minimum atomic E-state index is 0.990. The van der Waals surface area contributed by atoms with Gasteiger partial charge in [0.2, 0.25) is 0 Å². The van der Waals surface area contributed by atoms with Crippen LogP contribution in [0, 0.1) is 6.92 Å². The molecule has 0 spiro atoms. The molecule has 2 rings (SSSR count). The largest absolute Gasteiger partial charge is 0.312 e. The fraction of sp³-hybridized carbons (Fsp3) is 0.545. The van der Waals surface area contributed by atoms with Crippen LogP contribution in [0.25, 0.3) is 0 Å². The summed E-state index contributed by atoms with van der Waals surface area (Å²) in [6.45, 7) is 8.15. The lowest BCUT2D eigenvalue weighted by molar-refractivity contribution is 0.629. The van der Waals surface area contributed by atoms with E-state index in [2.05, 4.69) is 23.3 Å². The number of nitrogens with one attached hydrogen (secondary N) is 1. The smallest absolute Gasteiger partial charge is 0.0461 e. The van der Waals surface area contributed by atoms with Crippen LogP contribution in [0.5, 0.6) is 0 Å². The first-order valence-corrected chi connectivity index (χ1v) is 5.01. The monoisotopic (exact) mass is 178 g/mol. The highest BCUT2D eigenvalue weighted by molar-refractivity contribution is 5.26. The molecule has 72 valence electrons. The van der Waals surface area contributed by atoms with Crippen LogP contribution in [-0.2, 0) is 13.0 Å². The molecule has 0 saturated heterocycles. The number of aromatic nitrogens is 1. The van der Waals surface area contributed by atoms with Crippen LogP contribution in [0.2, 0.25) is 0 Å². The summed E-state index contributed by atoms with van der Waals surface area (Å²) in [5, 5.41) is 3.33. The second-order valence-corrected chi connectivity index (χ2v) is 3.05. The highest BCUT2D eigenvalue weighted by atomic mass is 14.9. The Morgan fingerprint density at radius 2 is 2.15 bits per heavy atom. The Morgan fingerprint density at radius 3 is 2.92 bits per heavy atom. The third-order valence-electron chi connectivity index (χ3n) is 2.05. The third kappa shape index (κ3) is 2.52. The number of aryl methyl sites for hydroxylation is 1. The number of hydrogen-bond donors (Lipinski definition) is 1. The van der Waals surface area contributed by atoms with Crippen molar-refractivity contribution < 1.29 is 0 Å². The molecule has 0 bridgehead atoms. The molecule has 1 aromatic heterocycles. The molecule has 2 heterocycles. The summed E-state index contributed by atoms with van der Waals surface area (Å²) in [7, 11) is 0. The van der Waals surface area contributed by atoms with Gasteiger partial charge in [-0.1, -0.05) is 19.9 Å². The van der Waals surface area contributed by atoms with Crippen molar-refractivity contribution in [3.63, 3.8) is 0 Å². The Balaban J connectivity index is 0.000000396. The fourth-order valence-electron chi connectivity index (χ4n) is 1.47. The molecule has 0 radical (unpaired) electrons. The van der Waals surface area contributed by atoms with Crippen molar-refractivity contribution in [1.82, 2.24) is 10.3 Å². The summed E-state index contributed by atoms with van der Waals surface area (Å²) in [6.07, 6.45) is 3.03. The molecule has 0 atom stereocenters. The van der Waals surface area contributed by atoms with Gasteiger partial charge in [0, 0.05) is 31.4 Å². The van der Waals surface area contributed by atoms with Crippen LogP contribution in [0.4, 0.5) is 0 Å².